The van der Waals surface area contributed by atoms with E-state index < -0.39 is 11.9 Å². The molecule has 146 valence electrons. The first-order chi connectivity index (χ1) is 13.4. The number of nitrogens with zero attached hydrogens (tertiary/aromatic N) is 1. The number of aromatic carboxylic acids is 1. The number of ether oxygens (including phenoxy) is 1. The number of methoxy groups -OCH3 is 1. The van der Waals surface area contributed by atoms with Gasteiger partial charge >= 0.3 is 5.97 Å². The zero-order chi connectivity index (χ0) is 20.3. The van der Waals surface area contributed by atoms with E-state index in [4.69, 9.17) is 21.4 Å². The molecular formula is C20H19ClN2O5. The average Bonchev–Trinajstić information content (AvgIpc) is 3.08. The summed E-state index contributed by atoms with van der Waals surface area (Å²) in [6.45, 7) is 0.404. The van der Waals surface area contributed by atoms with Crippen LogP contribution in [-0.4, -0.2) is 36.5 Å². The summed E-state index contributed by atoms with van der Waals surface area (Å²) < 4.78 is 5.29. The second-order valence-electron chi connectivity index (χ2n) is 6.44. The first-order valence-electron chi connectivity index (χ1n) is 8.63. The van der Waals surface area contributed by atoms with Crippen molar-refractivity contribution in [1.82, 2.24) is 5.32 Å². The van der Waals surface area contributed by atoms with E-state index in [-0.39, 0.29) is 36.9 Å². The Labute approximate surface area is 166 Å². The highest BCUT2D eigenvalue weighted by atomic mass is 35.5. The third-order valence-electron chi connectivity index (χ3n) is 4.57. The Morgan fingerprint density at radius 3 is 2.79 bits per heavy atom. The molecule has 1 aliphatic rings. The first-order valence-corrected chi connectivity index (χ1v) is 9.00. The van der Waals surface area contributed by atoms with Gasteiger partial charge in [0.15, 0.2) is 0 Å². The summed E-state index contributed by atoms with van der Waals surface area (Å²) in [6.07, 6.45) is 0.0800. The van der Waals surface area contributed by atoms with Gasteiger partial charge in [0.05, 0.1) is 24.3 Å². The van der Waals surface area contributed by atoms with Crippen LogP contribution >= 0.6 is 11.6 Å². The maximum Gasteiger partial charge on any atom is 0.335 e. The fraction of sp³-hybridized carbons (Fsp3) is 0.250. The molecule has 2 aromatic rings. The van der Waals surface area contributed by atoms with Gasteiger partial charge in [-0.05, 0) is 35.9 Å². The Kier molecular flexibility index (Phi) is 5.84. The largest absolute Gasteiger partial charge is 0.495 e. The second kappa shape index (κ2) is 8.31. The van der Waals surface area contributed by atoms with Crippen LogP contribution in [0.2, 0.25) is 5.02 Å². The van der Waals surface area contributed by atoms with Crippen LogP contribution in [0.4, 0.5) is 5.69 Å². The molecule has 0 radical (unpaired) electrons. The molecule has 7 nitrogen and oxygen atoms in total. The number of rotatable bonds is 6. The summed E-state index contributed by atoms with van der Waals surface area (Å²) >= 11 is 6.04. The number of carbonyl (C=O) groups is 3. The number of carbonyl (C=O) groups excluding carboxylic acids is 2. The standard InChI is InChI=1S/C20H19ClN2O5/c1-28-17-6-5-15(21)9-16(17)23-11-14(8-18(23)24)19(25)22-10-12-3-2-4-13(7-12)20(26)27/h2-7,9,14H,8,10-11H2,1H3,(H,22,25)(H,26,27). The van der Waals surface area contributed by atoms with Gasteiger partial charge in [-0.25, -0.2) is 4.79 Å². The maximum atomic E-state index is 12.5. The van der Waals surface area contributed by atoms with Crippen molar-refractivity contribution in [1.29, 1.82) is 0 Å². The number of carboxylic acid groups (broad SMARTS) is 1. The van der Waals surface area contributed by atoms with Crippen molar-refractivity contribution in [2.75, 3.05) is 18.6 Å². The molecule has 0 aromatic heterocycles. The molecule has 1 atom stereocenters. The summed E-state index contributed by atoms with van der Waals surface area (Å²) in [5, 5.41) is 12.3. The van der Waals surface area contributed by atoms with Crippen molar-refractivity contribution in [3.63, 3.8) is 0 Å². The highest BCUT2D eigenvalue weighted by molar-refractivity contribution is 6.31. The lowest BCUT2D eigenvalue weighted by Gasteiger charge is -2.20. The van der Waals surface area contributed by atoms with E-state index in [0.29, 0.717) is 22.0 Å². The molecular weight excluding hydrogens is 384 g/mol. The molecule has 8 heteroatoms. The Morgan fingerprint density at radius 2 is 2.07 bits per heavy atom. The monoisotopic (exact) mass is 402 g/mol. The lowest BCUT2D eigenvalue weighted by molar-refractivity contribution is -0.126. The molecule has 1 unspecified atom stereocenters. The minimum Gasteiger partial charge on any atom is -0.495 e. The van der Waals surface area contributed by atoms with E-state index in [1.54, 1.807) is 30.3 Å². The van der Waals surface area contributed by atoms with Crippen LogP contribution < -0.4 is 15.0 Å². The number of carboxylic acids is 1. The lowest BCUT2D eigenvalue weighted by atomic mass is 10.1. The smallest absolute Gasteiger partial charge is 0.335 e. The van der Waals surface area contributed by atoms with Gasteiger partial charge in [0.25, 0.3) is 0 Å². The van der Waals surface area contributed by atoms with Crippen LogP contribution in [0.5, 0.6) is 5.75 Å². The topological polar surface area (TPSA) is 95.9 Å². The SMILES string of the molecule is COc1ccc(Cl)cc1N1CC(C(=O)NCc2cccc(C(=O)O)c2)CC1=O. The van der Waals surface area contributed by atoms with Crippen molar-refractivity contribution in [2.45, 2.75) is 13.0 Å². The van der Waals surface area contributed by atoms with E-state index in [9.17, 15) is 14.4 Å². The summed E-state index contributed by atoms with van der Waals surface area (Å²) in [5.74, 6) is -1.49. The summed E-state index contributed by atoms with van der Waals surface area (Å²) in [6, 6.07) is 11.3. The van der Waals surface area contributed by atoms with E-state index in [2.05, 4.69) is 5.32 Å². The van der Waals surface area contributed by atoms with Crippen molar-refractivity contribution in [3.8, 4) is 5.75 Å². The molecule has 0 saturated carbocycles. The molecule has 2 amide bonds. The van der Waals surface area contributed by atoms with Crippen LogP contribution in [0.1, 0.15) is 22.3 Å². The minimum absolute atomic E-state index is 0.0800. The molecule has 1 aliphatic heterocycles. The Bertz CT molecular complexity index is 931. The number of anilines is 1. The van der Waals surface area contributed by atoms with Crippen molar-refractivity contribution >= 4 is 35.1 Å². The van der Waals surface area contributed by atoms with E-state index in [0.717, 1.165) is 0 Å². The summed E-state index contributed by atoms with van der Waals surface area (Å²) in [5.41, 5.74) is 1.36. The third kappa shape index (κ3) is 4.26. The van der Waals surface area contributed by atoms with Crippen LogP contribution in [0, 0.1) is 5.92 Å². The highest BCUT2D eigenvalue weighted by Crippen LogP contribution is 2.35. The van der Waals surface area contributed by atoms with Crippen LogP contribution in [0.15, 0.2) is 42.5 Å². The third-order valence-corrected chi connectivity index (χ3v) is 4.80. The maximum absolute atomic E-state index is 12.5. The zero-order valence-corrected chi connectivity index (χ0v) is 15.9. The number of nitrogens with one attached hydrogen (secondary N) is 1. The molecule has 1 saturated heterocycles. The van der Waals surface area contributed by atoms with Gasteiger partial charge in [0.1, 0.15) is 5.75 Å². The first kappa shape index (κ1) is 19.7. The molecule has 1 heterocycles. The molecule has 2 N–H and O–H groups in total. The Hall–Kier alpha value is -3.06. The lowest BCUT2D eigenvalue weighted by Crippen LogP contribution is -2.32. The summed E-state index contributed by atoms with van der Waals surface area (Å²) in [7, 11) is 1.50. The van der Waals surface area contributed by atoms with Gasteiger partial charge in [0, 0.05) is 24.5 Å². The zero-order valence-electron chi connectivity index (χ0n) is 15.1. The van der Waals surface area contributed by atoms with Gasteiger partial charge in [0.2, 0.25) is 11.8 Å². The average molecular weight is 403 g/mol. The molecule has 1 fully saturated rings. The van der Waals surface area contributed by atoms with Crippen molar-refractivity contribution in [2.24, 2.45) is 5.92 Å². The van der Waals surface area contributed by atoms with E-state index >= 15 is 0 Å². The normalized spacial score (nSPS) is 16.1. The van der Waals surface area contributed by atoms with E-state index in [1.807, 2.05) is 0 Å². The predicted octanol–water partition coefficient (Wildman–Crippen LogP) is 2.72. The minimum atomic E-state index is -1.03. The predicted molar refractivity (Wildman–Crippen MR) is 104 cm³/mol. The fourth-order valence-electron chi connectivity index (χ4n) is 3.14. The molecule has 3 rings (SSSR count). The highest BCUT2D eigenvalue weighted by Gasteiger charge is 2.36. The van der Waals surface area contributed by atoms with Gasteiger partial charge in [-0.1, -0.05) is 23.7 Å². The Balaban J connectivity index is 1.66. The summed E-state index contributed by atoms with van der Waals surface area (Å²) in [4.78, 5) is 37.5. The van der Waals surface area contributed by atoms with Crippen molar-refractivity contribution < 1.29 is 24.2 Å². The van der Waals surface area contributed by atoms with Gasteiger partial charge in [-0.15, -0.1) is 0 Å². The number of amides is 2. The quantitative estimate of drug-likeness (QED) is 0.774. The van der Waals surface area contributed by atoms with Crippen LogP contribution in [0.3, 0.4) is 0 Å². The van der Waals surface area contributed by atoms with Gasteiger partial charge in [-0.2, -0.15) is 0 Å². The van der Waals surface area contributed by atoms with E-state index in [1.165, 1.54) is 24.1 Å². The number of benzene rings is 2. The van der Waals surface area contributed by atoms with Crippen molar-refractivity contribution in [3.05, 3.63) is 58.6 Å². The Morgan fingerprint density at radius 1 is 1.29 bits per heavy atom. The van der Waals surface area contributed by atoms with Crippen LogP contribution in [-0.2, 0) is 16.1 Å². The molecule has 28 heavy (non-hydrogen) atoms. The fourth-order valence-corrected chi connectivity index (χ4v) is 3.30. The molecule has 0 bridgehead atoms. The number of hydrogen-bond acceptors (Lipinski definition) is 4. The van der Waals surface area contributed by atoms with Gasteiger partial charge < -0.3 is 20.1 Å². The van der Waals surface area contributed by atoms with Gasteiger partial charge in [-0.3, -0.25) is 9.59 Å². The second-order valence-corrected chi connectivity index (χ2v) is 6.88. The molecule has 0 spiro atoms. The molecule has 0 aliphatic carbocycles. The molecule has 2 aromatic carbocycles. The van der Waals surface area contributed by atoms with Crippen LogP contribution in [0.25, 0.3) is 0 Å². The number of hydrogen-bond donors (Lipinski definition) is 2. The number of halogens is 1.